The molecule has 0 unspecified atom stereocenters. The van der Waals surface area contributed by atoms with Crippen LogP contribution in [0.3, 0.4) is 0 Å². The van der Waals surface area contributed by atoms with Crippen molar-refractivity contribution in [1.82, 2.24) is 9.38 Å². The summed E-state index contributed by atoms with van der Waals surface area (Å²) in [4.78, 5) is 18.3. The fraction of sp³-hybridized carbons (Fsp3) is 0.0476. The van der Waals surface area contributed by atoms with Gasteiger partial charge in [0.2, 0.25) is 0 Å². The van der Waals surface area contributed by atoms with Crippen LogP contribution in [0, 0.1) is 0 Å². The summed E-state index contributed by atoms with van der Waals surface area (Å²) in [5, 5.41) is 0.429. The molecular formula is C21H11F3N2OS. The Kier molecular flexibility index (Phi) is 3.57. The lowest BCUT2D eigenvalue weighted by Crippen LogP contribution is -2.13. The highest BCUT2D eigenvalue weighted by Gasteiger charge is 2.30. The summed E-state index contributed by atoms with van der Waals surface area (Å²) in [6.45, 7) is 0. The van der Waals surface area contributed by atoms with Crippen molar-refractivity contribution in [2.24, 2.45) is 0 Å². The molecule has 2 heterocycles. The van der Waals surface area contributed by atoms with Crippen LogP contribution < -0.4 is 5.56 Å². The number of fused-ring (bicyclic) bond motifs is 4. The summed E-state index contributed by atoms with van der Waals surface area (Å²) < 4.78 is 40.9. The summed E-state index contributed by atoms with van der Waals surface area (Å²) in [6.07, 6.45) is -4.38. The monoisotopic (exact) mass is 396 g/mol. The largest absolute Gasteiger partial charge is 0.416 e. The van der Waals surface area contributed by atoms with Gasteiger partial charge in [-0.05, 0) is 47.5 Å². The Labute approximate surface area is 160 Å². The van der Waals surface area contributed by atoms with Crippen LogP contribution in [0.4, 0.5) is 13.2 Å². The Morgan fingerprint density at radius 2 is 1.61 bits per heavy atom. The van der Waals surface area contributed by atoms with E-state index in [1.54, 1.807) is 22.6 Å². The van der Waals surface area contributed by atoms with Crippen LogP contribution in [-0.2, 0) is 6.18 Å². The first-order valence-corrected chi connectivity index (χ1v) is 9.25. The minimum atomic E-state index is -4.38. The van der Waals surface area contributed by atoms with E-state index in [4.69, 9.17) is 0 Å². The molecule has 5 aromatic rings. The minimum Gasteiger partial charge on any atom is -0.268 e. The maximum absolute atomic E-state index is 13.1. The van der Waals surface area contributed by atoms with Gasteiger partial charge in [0.15, 0.2) is 4.96 Å². The zero-order valence-electron chi connectivity index (χ0n) is 14.2. The maximum Gasteiger partial charge on any atom is 0.416 e. The summed E-state index contributed by atoms with van der Waals surface area (Å²) >= 11 is 1.44. The third-order valence-electron chi connectivity index (χ3n) is 4.69. The van der Waals surface area contributed by atoms with Crippen LogP contribution in [0.25, 0.3) is 37.2 Å². The lowest BCUT2D eigenvalue weighted by molar-refractivity contribution is -0.137. The first-order chi connectivity index (χ1) is 13.4. The molecule has 0 aliphatic carbocycles. The van der Waals surface area contributed by atoms with Crippen molar-refractivity contribution in [1.29, 1.82) is 0 Å². The average Bonchev–Trinajstić information content (AvgIpc) is 3.06. The maximum atomic E-state index is 13.1. The Bertz CT molecular complexity index is 1420. The van der Waals surface area contributed by atoms with Crippen LogP contribution in [0.1, 0.15) is 5.56 Å². The van der Waals surface area contributed by atoms with Gasteiger partial charge < -0.3 is 0 Å². The molecule has 0 fully saturated rings. The number of hydrogen-bond donors (Lipinski definition) is 0. The number of rotatable bonds is 1. The van der Waals surface area contributed by atoms with Gasteiger partial charge in [-0.15, -0.1) is 0 Å². The van der Waals surface area contributed by atoms with Crippen molar-refractivity contribution in [3.8, 4) is 11.1 Å². The number of thiazole rings is 1. The number of halogens is 3. The first-order valence-electron chi connectivity index (χ1n) is 8.43. The van der Waals surface area contributed by atoms with E-state index in [9.17, 15) is 18.0 Å². The predicted octanol–water partition coefficient (Wildman–Crippen LogP) is 5.75. The highest BCUT2D eigenvalue weighted by molar-refractivity contribution is 7.23. The second-order valence-corrected chi connectivity index (χ2v) is 7.42. The fourth-order valence-corrected chi connectivity index (χ4v) is 4.33. The van der Waals surface area contributed by atoms with Gasteiger partial charge in [0.05, 0.1) is 26.7 Å². The van der Waals surface area contributed by atoms with Gasteiger partial charge >= 0.3 is 6.18 Å². The topological polar surface area (TPSA) is 34.4 Å². The molecule has 3 nitrogen and oxygen atoms in total. The van der Waals surface area contributed by atoms with Crippen molar-refractivity contribution in [3.63, 3.8) is 0 Å². The van der Waals surface area contributed by atoms with Crippen LogP contribution in [0.2, 0.25) is 0 Å². The van der Waals surface area contributed by atoms with Gasteiger partial charge in [0, 0.05) is 0 Å². The first kappa shape index (κ1) is 16.9. The molecule has 0 saturated heterocycles. The molecule has 0 spiro atoms. The second-order valence-electron chi connectivity index (χ2n) is 6.41. The zero-order chi connectivity index (χ0) is 19.5. The van der Waals surface area contributed by atoms with Crippen molar-refractivity contribution in [3.05, 3.63) is 82.6 Å². The van der Waals surface area contributed by atoms with Gasteiger partial charge in [-0.3, -0.25) is 9.20 Å². The van der Waals surface area contributed by atoms with Crippen molar-refractivity contribution in [2.45, 2.75) is 6.18 Å². The zero-order valence-corrected chi connectivity index (χ0v) is 15.0. The lowest BCUT2D eigenvalue weighted by atomic mass is 10.0. The molecule has 0 amide bonds. The molecule has 138 valence electrons. The second kappa shape index (κ2) is 5.90. The Morgan fingerprint density at radius 3 is 2.36 bits per heavy atom. The molecule has 5 rings (SSSR count). The summed E-state index contributed by atoms with van der Waals surface area (Å²) in [5.74, 6) is 0. The van der Waals surface area contributed by atoms with Crippen LogP contribution >= 0.6 is 11.3 Å². The smallest absolute Gasteiger partial charge is 0.268 e. The molecule has 28 heavy (non-hydrogen) atoms. The number of nitrogens with zero attached hydrogens (tertiary/aromatic N) is 2. The molecule has 0 radical (unpaired) electrons. The van der Waals surface area contributed by atoms with Crippen LogP contribution in [0.15, 0.2) is 71.5 Å². The standard InChI is InChI=1S/C21H11F3N2OS/c22-21(23,24)14-8-5-12(6-9-14)13-7-10-16-15(11-13)19(27)26-17-3-1-2-4-18(17)28-20(26)25-16/h1-11H. The van der Waals surface area contributed by atoms with E-state index in [2.05, 4.69) is 4.98 Å². The minimum absolute atomic E-state index is 0.189. The normalized spacial score (nSPS) is 12.2. The van der Waals surface area contributed by atoms with Crippen molar-refractivity contribution in [2.75, 3.05) is 0 Å². The average molecular weight is 396 g/mol. The van der Waals surface area contributed by atoms with E-state index in [1.165, 1.54) is 23.5 Å². The highest BCUT2D eigenvalue weighted by Crippen LogP contribution is 2.32. The SMILES string of the molecule is O=c1c2cc(-c3ccc(C(F)(F)F)cc3)ccc2nc2sc3ccccc3n12. The third kappa shape index (κ3) is 2.58. The summed E-state index contributed by atoms with van der Waals surface area (Å²) in [6, 6.07) is 17.7. The van der Waals surface area contributed by atoms with Crippen LogP contribution in [0.5, 0.6) is 0 Å². The van der Waals surface area contributed by atoms with Gasteiger partial charge in [-0.2, -0.15) is 13.2 Å². The number of alkyl halides is 3. The molecule has 2 aromatic heterocycles. The molecule has 0 atom stereocenters. The summed E-state index contributed by atoms with van der Waals surface area (Å²) in [5.41, 5.74) is 1.74. The molecule has 0 aliphatic rings. The Morgan fingerprint density at radius 1 is 0.893 bits per heavy atom. The van der Waals surface area contributed by atoms with Gasteiger partial charge in [-0.1, -0.05) is 41.7 Å². The van der Waals surface area contributed by atoms with Gasteiger partial charge in [0.1, 0.15) is 0 Å². The van der Waals surface area contributed by atoms with E-state index in [1.807, 2.05) is 24.3 Å². The molecular weight excluding hydrogens is 385 g/mol. The third-order valence-corrected chi connectivity index (χ3v) is 5.71. The molecule has 0 N–H and O–H groups in total. The fourth-order valence-electron chi connectivity index (χ4n) is 3.30. The Balaban J connectivity index is 1.72. The summed E-state index contributed by atoms with van der Waals surface area (Å²) in [7, 11) is 0. The van der Waals surface area contributed by atoms with Gasteiger partial charge in [0.25, 0.3) is 5.56 Å². The Hall–Kier alpha value is -3.19. The number of hydrogen-bond acceptors (Lipinski definition) is 3. The molecule has 0 saturated carbocycles. The number of benzene rings is 3. The van der Waals surface area contributed by atoms with Crippen LogP contribution in [-0.4, -0.2) is 9.38 Å². The molecule has 0 bridgehead atoms. The van der Waals surface area contributed by atoms with E-state index in [0.29, 0.717) is 27.0 Å². The molecule has 3 aromatic carbocycles. The molecule has 7 heteroatoms. The predicted molar refractivity (Wildman–Crippen MR) is 105 cm³/mol. The molecule has 0 aliphatic heterocycles. The van der Waals surface area contributed by atoms with E-state index in [0.717, 1.165) is 22.3 Å². The van der Waals surface area contributed by atoms with E-state index >= 15 is 0 Å². The number of para-hydroxylation sites is 1. The van der Waals surface area contributed by atoms with Crippen molar-refractivity contribution < 1.29 is 13.2 Å². The van der Waals surface area contributed by atoms with Gasteiger partial charge in [-0.25, -0.2) is 4.98 Å². The quantitative estimate of drug-likeness (QED) is 0.362. The van der Waals surface area contributed by atoms with Crippen molar-refractivity contribution >= 4 is 37.4 Å². The highest BCUT2D eigenvalue weighted by atomic mass is 32.1. The van der Waals surface area contributed by atoms with E-state index in [-0.39, 0.29) is 5.56 Å². The number of aromatic nitrogens is 2. The van der Waals surface area contributed by atoms with E-state index < -0.39 is 11.7 Å². The lowest BCUT2D eigenvalue weighted by Gasteiger charge is -2.08.